The van der Waals surface area contributed by atoms with Gasteiger partial charge in [-0.05, 0) is 44.2 Å². The predicted molar refractivity (Wildman–Crippen MR) is 146 cm³/mol. The van der Waals surface area contributed by atoms with Crippen molar-refractivity contribution in [1.82, 2.24) is 0 Å². The lowest BCUT2D eigenvalue weighted by atomic mass is 10.1. The number of carbonyl (C=O) groups is 2. The number of nitro groups is 1. The summed E-state index contributed by atoms with van der Waals surface area (Å²) in [5.41, 5.74) is 1.25. The smallest absolute Gasteiger partial charge is 0.306 e. The Kier molecular flexibility index (Phi) is 15.4. The number of unbranched alkanes of at least 4 members (excludes halogenated alkanes) is 9. The Morgan fingerprint density at radius 1 is 0.838 bits per heavy atom. The molecule has 0 aliphatic carbocycles. The number of nitrogens with zero attached hydrogens (tertiary/aromatic N) is 2. The quantitative estimate of drug-likeness (QED) is 0.0822. The van der Waals surface area contributed by atoms with E-state index in [-0.39, 0.29) is 31.1 Å². The fourth-order valence-electron chi connectivity index (χ4n) is 4.67. The van der Waals surface area contributed by atoms with Gasteiger partial charge in [0.15, 0.2) is 0 Å². The van der Waals surface area contributed by atoms with Gasteiger partial charge in [-0.2, -0.15) is 0 Å². The number of carbonyl (C=O) groups excluding carboxylic acids is 2. The van der Waals surface area contributed by atoms with Crippen molar-refractivity contribution in [2.45, 2.75) is 116 Å². The highest BCUT2D eigenvalue weighted by Gasteiger charge is 2.19. The second kappa shape index (κ2) is 18.6. The van der Waals surface area contributed by atoms with Crippen LogP contribution >= 0.6 is 0 Å². The molecule has 1 saturated heterocycles. The summed E-state index contributed by atoms with van der Waals surface area (Å²) in [6.45, 7) is 4.35. The molecule has 0 saturated carbocycles. The number of nitro benzene ring substituents is 1. The first-order valence-corrected chi connectivity index (χ1v) is 14.3. The summed E-state index contributed by atoms with van der Waals surface area (Å²) >= 11 is 0. The minimum absolute atomic E-state index is 0.0517. The molecule has 0 bridgehead atoms. The molecule has 2 rings (SSSR count). The van der Waals surface area contributed by atoms with Crippen LogP contribution in [-0.4, -0.2) is 36.6 Å². The molecule has 0 radical (unpaired) electrons. The van der Waals surface area contributed by atoms with Gasteiger partial charge in [-0.15, -0.1) is 0 Å². The van der Waals surface area contributed by atoms with E-state index in [4.69, 9.17) is 9.47 Å². The Balaban J connectivity index is 1.57. The van der Waals surface area contributed by atoms with Crippen LogP contribution in [-0.2, 0) is 25.7 Å². The third kappa shape index (κ3) is 12.9. The summed E-state index contributed by atoms with van der Waals surface area (Å²) in [5.74, 6) is -0.770. The van der Waals surface area contributed by atoms with Crippen molar-refractivity contribution in [2.75, 3.05) is 24.6 Å². The van der Waals surface area contributed by atoms with E-state index in [1.807, 2.05) is 0 Å². The van der Waals surface area contributed by atoms with Crippen molar-refractivity contribution in [3.8, 4) is 0 Å². The minimum atomic E-state index is -0.472. The van der Waals surface area contributed by atoms with Gasteiger partial charge in [-0.1, -0.05) is 64.7 Å². The first kappa shape index (κ1) is 30.6. The van der Waals surface area contributed by atoms with Crippen molar-refractivity contribution in [3.05, 3.63) is 33.9 Å². The highest BCUT2D eigenvalue weighted by molar-refractivity contribution is 5.72. The van der Waals surface area contributed by atoms with E-state index < -0.39 is 10.9 Å². The van der Waals surface area contributed by atoms with Crippen molar-refractivity contribution in [2.24, 2.45) is 0 Å². The number of ether oxygens (including phenoxy) is 2. The minimum Gasteiger partial charge on any atom is -0.466 e. The van der Waals surface area contributed by atoms with E-state index in [2.05, 4.69) is 11.8 Å². The lowest BCUT2D eigenvalue weighted by molar-refractivity contribution is -0.385. The van der Waals surface area contributed by atoms with Gasteiger partial charge in [0.2, 0.25) is 0 Å². The molecule has 8 nitrogen and oxygen atoms in total. The van der Waals surface area contributed by atoms with Crippen LogP contribution in [0.1, 0.15) is 115 Å². The van der Waals surface area contributed by atoms with E-state index in [0.29, 0.717) is 18.6 Å². The maximum absolute atomic E-state index is 12.2. The topological polar surface area (TPSA) is 99.0 Å². The summed E-state index contributed by atoms with van der Waals surface area (Å²) < 4.78 is 10.6. The second-order valence-corrected chi connectivity index (χ2v) is 10.0. The number of piperidine rings is 1. The van der Waals surface area contributed by atoms with Crippen LogP contribution in [0.4, 0.5) is 11.4 Å². The van der Waals surface area contributed by atoms with Crippen molar-refractivity contribution in [1.29, 1.82) is 0 Å². The maximum atomic E-state index is 12.2. The summed E-state index contributed by atoms with van der Waals surface area (Å²) in [7, 11) is 0. The van der Waals surface area contributed by atoms with Crippen LogP contribution in [0.5, 0.6) is 0 Å². The molecule has 37 heavy (non-hydrogen) atoms. The van der Waals surface area contributed by atoms with E-state index in [1.54, 1.807) is 12.1 Å². The third-order valence-corrected chi connectivity index (χ3v) is 6.89. The molecular formula is C29H46N2O6. The van der Waals surface area contributed by atoms with Crippen LogP contribution in [0.2, 0.25) is 0 Å². The average molecular weight is 519 g/mol. The molecule has 1 aliphatic rings. The van der Waals surface area contributed by atoms with Crippen molar-refractivity contribution < 1.29 is 24.0 Å². The van der Waals surface area contributed by atoms with Crippen LogP contribution < -0.4 is 4.90 Å². The molecule has 0 amide bonds. The molecule has 208 valence electrons. The zero-order valence-electron chi connectivity index (χ0n) is 22.7. The van der Waals surface area contributed by atoms with E-state index in [1.165, 1.54) is 63.9 Å². The van der Waals surface area contributed by atoms with Crippen LogP contribution in [0.25, 0.3) is 0 Å². The number of benzene rings is 1. The number of anilines is 1. The predicted octanol–water partition coefficient (Wildman–Crippen LogP) is 7.26. The Labute approximate surface area is 222 Å². The van der Waals surface area contributed by atoms with E-state index in [0.717, 1.165) is 44.5 Å². The fourth-order valence-corrected chi connectivity index (χ4v) is 4.67. The Morgan fingerprint density at radius 3 is 2.05 bits per heavy atom. The molecule has 0 unspecified atom stereocenters. The normalized spacial score (nSPS) is 13.4. The second-order valence-electron chi connectivity index (χ2n) is 10.0. The summed E-state index contributed by atoms with van der Waals surface area (Å²) in [6.07, 6.45) is 16.3. The lowest BCUT2D eigenvalue weighted by Gasteiger charge is -2.29. The molecule has 1 heterocycles. The largest absolute Gasteiger partial charge is 0.466 e. The molecular weight excluding hydrogens is 472 g/mol. The van der Waals surface area contributed by atoms with E-state index in [9.17, 15) is 19.7 Å². The lowest BCUT2D eigenvalue weighted by Crippen LogP contribution is -2.29. The number of rotatable bonds is 19. The highest BCUT2D eigenvalue weighted by Crippen LogP contribution is 2.28. The summed E-state index contributed by atoms with van der Waals surface area (Å²) in [5, 5.41) is 11.4. The highest BCUT2D eigenvalue weighted by atomic mass is 16.6. The molecule has 0 atom stereocenters. The molecule has 0 spiro atoms. The molecule has 0 N–H and O–H groups in total. The van der Waals surface area contributed by atoms with Gasteiger partial charge in [0, 0.05) is 37.7 Å². The summed E-state index contributed by atoms with van der Waals surface area (Å²) in [4.78, 5) is 37.3. The van der Waals surface area contributed by atoms with Crippen molar-refractivity contribution >= 4 is 23.3 Å². The van der Waals surface area contributed by atoms with Gasteiger partial charge in [-0.3, -0.25) is 19.7 Å². The van der Waals surface area contributed by atoms with Gasteiger partial charge in [-0.25, -0.2) is 0 Å². The maximum Gasteiger partial charge on any atom is 0.306 e. The zero-order chi connectivity index (χ0) is 26.7. The first-order valence-electron chi connectivity index (χ1n) is 14.3. The summed E-state index contributed by atoms with van der Waals surface area (Å²) in [6, 6.07) is 5.00. The number of hydrogen-bond donors (Lipinski definition) is 0. The molecule has 1 fully saturated rings. The SMILES string of the molecule is CCCCCCCCCCCCOC(=O)CCCC(=O)OCc1cc(N2CCCCC2)ccc1[N+](=O)[O-]. The van der Waals surface area contributed by atoms with Gasteiger partial charge in [0.25, 0.3) is 5.69 Å². The zero-order valence-corrected chi connectivity index (χ0v) is 22.7. The van der Waals surface area contributed by atoms with Gasteiger partial charge < -0.3 is 14.4 Å². The van der Waals surface area contributed by atoms with Crippen LogP contribution in [0, 0.1) is 10.1 Å². The Morgan fingerprint density at radius 2 is 1.43 bits per heavy atom. The average Bonchev–Trinajstić information content (AvgIpc) is 2.90. The third-order valence-electron chi connectivity index (χ3n) is 6.89. The Bertz CT molecular complexity index is 823. The molecule has 1 aliphatic heterocycles. The molecule has 1 aromatic carbocycles. The van der Waals surface area contributed by atoms with Gasteiger partial charge in [0.05, 0.1) is 17.1 Å². The van der Waals surface area contributed by atoms with Gasteiger partial charge >= 0.3 is 11.9 Å². The monoisotopic (exact) mass is 518 g/mol. The van der Waals surface area contributed by atoms with E-state index >= 15 is 0 Å². The number of hydrogen-bond acceptors (Lipinski definition) is 7. The van der Waals surface area contributed by atoms with Crippen LogP contribution in [0.3, 0.4) is 0 Å². The molecule has 8 heteroatoms. The molecule has 1 aromatic rings. The van der Waals surface area contributed by atoms with Crippen molar-refractivity contribution in [3.63, 3.8) is 0 Å². The number of esters is 2. The fraction of sp³-hybridized carbons (Fsp3) is 0.724. The molecule has 0 aromatic heterocycles. The Hall–Kier alpha value is -2.64. The van der Waals surface area contributed by atoms with Crippen LogP contribution in [0.15, 0.2) is 18.2 Å². The first-order chi connectivity index (χ1) is 18.0. The van der Waals surface area contributed by atoms with Gasteiger partial charge in [0.1, 0.15) is 6.61 Å². The standard InChI is InChI=1S/C29H46N2O6/c1-2-3-4-5-6-7-8-9-10-14-22-36-28(32)16-15-17-29(33)37-24-25-23-26(18-19-27(25)31(34)35)30-20-12-11-13-21-30/h18-19,23H,2-17,20-22,24H2,1H3.